The van der Waals surface area contributed by atoms with Gasteiger partial charge in [-0.3, -0.25) is 4.98 Å². The van der Waals surface area contributed by atoms with Gasteiger partial charge in [-0.2, -0.15) is 0 Å². The molecule has 0 bridgehead atoms. The summed E-state index contributed by atoms with van der Waals surface area (Å²) in [5, 5.41) is 3.26. The van der Waals surface area contributed by atoms with Crippen LogP contribution in [0.1, 0.15) is 39.8 Å². The first-order valence-electron chi connectivity index (χ1n) is 7.27. The van der Waals surface area contributed by atoms with E-state index in [2.05, 4.69) is 47.9 Å². The van der Waals surface area contributed by atoms with Crippen molar-refractivity contribution in [3.63, 3.8) is 0 Å². The monoisotopic (exact) mass is 262 g/mol. The lowest BCUT2D eigenvalue weighted by Crippen LogP contribution is -2.26. The first kappa shape index (κ1) is 14.3. The number of nitrogens with zero attached hydrogens (tertiary/aromatic N) is 3. The van der Waals surface area contributed by atoms with Gasteiger partial charge in [0.2, 0.25) is 0 Å². The van der Waals surface area contributed by atoms with E-state index in [0.29, 0.717) is 5.41 Å². The lowest BCUT2D eigenvalue weighted by atomic mass is 9.80. The van der Waals surface area contributed by atoms with E-state index in [1.807, 2.05) is 12.4 Å². The summed E-state index contributed by atoms with van der Waals surface area (Å²) in [6, 6.07) is 0. The van der Waals surface area contributed by atoms with Crippen molar-refractivity contribution in [3.8, 4) is 0 Å². The molecule has 1 atom stereocenters. The van der Waals surface area contributed by atoms with E-state index >= 15 is 0 Å². The van der Waals surface area contributed by atoms with Crippen LogP contribution in [0.5, 0.6) is 0 Å². The molecule has 0 saturated carbocycles. The molecule has 2 rings (SSSR count). The Hall–Kier alpha value is -1.16. The van der Waals surface area contributed by atoms with Gasteiger partial charge >= 0.3 is 0 Å². The van der Waals surface area contributed by atoms with Gasteiger partial charge in [0.15, 0.2) is 0 Å². The second-order valence-electron chi connectivity index (χ2n) is 6.44. The second kappa shape index (κ2) is 5.87. The third kappa shape index (κ3) is 3.66. The van der Waals surface area contributed by atoms with Gasteiger partial charge < -0.3 is 10.2 Å². The molecule has 1 fully saturated rings. The molecule has 1 aliphatic rings. The Morgan fingerprint density at radius 3 is 2.63 bits per heavy atom. The average molecular weight is 262 g/mol. The molecule has 4 heteroatoms. The number of hydrogen-bond donors (Lipinski definition) is 1. The molecule has 1 N–H and O–H groups in total. The maximum Gasteiger partial charge on any atom is 0.147 e. The van der Waals surface area contributed by atoms with E-state index in [4.69, 9.17) is 0 Å². The van der Waals surface area contributed by atoms with Crippen LogP contribution in [-0.2, 0) is 6.54 Å². The molecule has 2 heterocycles. The number of nitrogens with one attached hydrogen (secondary N) is 1. The maximum atomic E-state index is 4.55. The molecule has 0 amide bonds. The van der Waals surface area contributed by atoms with Crippen LogP contribution in [-0.4, -0.2) is 29.6 Å². The first-order chi connectivity index (χ1) is 9.00. The first-order valence-corrected chi connectivity index (χ1v) is 7.27. The highest BCUT2D eigenvalue weighted by atomic mass is 15.2. The van der Waals surface area contributed by atoms with Crippen LogP contribution >= 0.6 is 0 Å². The Kier molecular flexibility index (Phi) is 4.40. The molecule has 1 aromatic rings. The van der Waals surface area contributed by atoms with Crippen LogP contribution in [0.3, 0.4) is 0 Å². The second-order valence-corrected chi connectivity index (χ2v) is 6.44. The summed E-state index contributed by atoms with van der Waals surface area (Å²) in [4.78, 5) is 11.4. The van der Waals surface area contributed by atoms with Crippen molar-refractivity contribution in [2.75, 3.05) is 24.5 Å². The minimum Gasteiger partial charge on any atom is -0.355 e. The Labute approximate surface area is 116 Å². The molecular weight excluding hydrogens is 236 g/mol. The molecule has 1 aromatic heterocycles. The largest absolute Gasteiger partial charge is 0.355 e. The quantitative estimate of drug-likeness (QED) is 0.905. The summed E-state index contributed by atoms with van der Waals surface area (Å²) in [6.07, 6.45) is 5.06. The molecule has 0 aliphatic carbocycles. The van der Waals surface area contributed by atoms with Crippen molar-refractivity contribution in [1.82, 2.24) is 15.3 Å². The molecule has 1 unspecified atom stereocenters. The van der Waals surface area contributed by atoms with Gasteiger partial charge in [-0.15, -0.1) is 0 Å². The number of aromatic nitrogens is 2. The smallest absolute Gasteiger partial charge is 0.147 e. The summed E-state index contributed by atoms with van der Waals surface area (Å²) < 4.78 is 0. The van der Waals surface area contributed by atoms with Crippen molar-refractivity contribution in [2.24, 2.45) is 11.3 Å². The fraction of sp³-hybridized carbons (Fsp3) is 0.733. The zero-order valence-corrected chi connectivity index (χ0v) is 12.6. The van der Waals surface area contributed by atoms with Gasteiger partial charge in [0.25, 0.3) is 0 Å². The fourth-order valence-corrected chi connectivity index (χ4v) is 2.53. The third-order valence-corrected chi connectivity index (χ3v) is 3.98. The maximum absolute atomic E-state index is 4.55. The van der Waals surface area contributed by atoms with Gasteiger partial charge in [0.05, 0.1) is 18.1 Å². The van der Waals surface area contributed by atoms with Crippen LogP contribution in [0.15, 0.2) is 12.4 Å². The van der Waals surface area contributed by atoms with Crippen molar-refractivity contribution < 1.29 is 0 Å². The van der Waals surface area contributed by atoms with Crippen LogP contribution in [0.4, 0.5) is 5.82 Å². The molecule has 106 valence electrons. The van der Waals surface area contributed by atoms with E-state index in [1.165, 1.54) is 6.42 Å². The van der Waals surface area contributed by atoms with E-state index in [1.54, 1.807) is 0 Å². The minimum absolute atomic E-state index is 0.382. The number of hydrogen-bond acceptors (Lipinski definition) is 4. The highest BCUT2D eigenvalue weighted by molar-refractivity contribution is 5.37. The topological polar surface area (TPSA) is 41.1 Å². The van der Waals surface area contributed by atoms with Gasteiger partial charge in [0, 0.05) is 19.6 Å². The lowest BCUT2D eigenvalue weighted by Gasteiger charge is -2.27. The third-order valence-electron chi connectivity index (χ3n) is 3.98. The zero-order valence-electron chi connectivity index (χ0n) is 12.6. The number of rotatable bonds is 4. The lowest BCUT2D eigenvalue weighted by molar-refractivity contribution is 0.263. The summed E-state index contributed by atoms with van der Waals surface area (Å²) in [7, 11) is 0. The SMILES string of the molecule is CCNCc1cnc(N2CCC(C(C)(C)C)C2)cn1. The van der Waals surface area contributed by atoms with Crippen LogP contribution in [0.2, 0.25) is 0 Å². The van der Waals surface area contributed by atoms with E-state index in [0.717, 1.165) is 43.6 Å². The summed E-state index contributed by atoms with van der Waals surface area (Å²) >= 11 is 0. The number of anilines is 1. The minimum atomic E-state index is 0.382. The summed E-state index contributed by atoms with van der Waals surface area (Å²) in [5.74, 6) is 1.77. The van der Waals surface area contributed by atoms with Crippen LogP contribution < -0.4 is 10.2 Å². The van der Waals surface area contributed by atoms with Crippen molar-refractivity contribution in [3.05, 3.63) is 18.1 Å². The highest BCUT2D eigenvalue weighted by Crippen LogP contribution is 2.34. The van der Waals surface area contributed by atoms with Crippen LogP contribution in [0.25, 0.3) is 0 Å². The fourth-order valence-electron chi connectivity index (χ4n) is 2.53. The van der Waals surface area contributed by atoms with Gasteiger partial charge in [-0.05, 0) is 24.3 Å². The van der Waals surface area contributed by atoms with Gasteiger partial charge in [0.1, 0.15) is 5.82 Å². The average Bonchev–Trinajstić information content (AvgIpc) is 2.86. The Morgan fingerprint density at radius 2 is 2.11 bits per heavy atom. The van der Waals surface area contributed by atoms with Crippen molar-refractivity contribution >= 4 is 5.82 Å². The Morgan fingerprint density at radius 1 is 1.32 bits per heavy atom. The molecular formula is C15H26N4. The summed E-state index contributed by atoms with van der Waals surface area (Å²) in [6.45, 7) is 13.0. The summed E-state index contributed by atoms with van der Waals surface area (Å²) in [5.41, 5.74) is 1.39. The van der Waals surface area contributed by atoms with Gasteiger partial charge in [-0.25, -0.2) is 4.98 Å². The standard InChI is InChI=1S/C15H26N4/c1-5-16-8-13-9-18-14(10-17-13)19-7-6-12(11-19)15(2,3)4/h9-10,12,16H,5-8,11H2,1-4H3. The molecule has 0 aromatic carbocycles. The van der Waals surface area contributed by atoms with Crippen molar-refractivity contribution in [1.29, 1.82) is 0 Å². The Balaban J connectivity index is 1.96. The molecule has 0 spiro atoms. The molecule has 1 aliphatic heterocycles. The van der Waals surface area contributed by atoms with Gasteiger partial charge in [-0.1, -0.05) is 27.7 Å². The predicted molar refractivity (Wildman–Crippen MR) is 79.2 cm³/mol. The van der Waals surface area contributed by atoms with Crippen molar-refractivity contribution in [2.45, 2.75) is 40.7 Å². The highest BCUT2D eigenvalue weighted by Gasteiger charge is 2.32. The molecule has 19 heavy (non-hydrogen) atoms. The van der Waals surface area contributed by atoms with E-state index in [-0.39, 0.29) is 0 Å². The molecule has 4 nitrogen and oxygen atoms in total. The van der Waals surface area contributed by atoms with Crippen LogP contribution in [0, 0.1) is 11.3 Å². The Bertz CT molecular complexity index is 394. The zero-order chi connectivity index (χ0) is 13.9. The predicted octanol–water partition coefficient (Wildman–Crippen LogP) is 2.46. The normalized spacial score (nSPS) is 20.0. The van der Waals surface area contributed by atoms with E-state index in [9.17, 15) is 0 Å². The molecule has 0 radical (unpaired) electrons. The van der Waals surface area contributed by atoms with E-state index < -0.39 is 0 Å². The molecule has 1 saturated heterocycles.